The van der Waals surface area contributed by atoms with Crippen molar-refractivity contribution in [2.24, 2.45) is 0 Å². The van der Waals surface area contributed by atoms with Crippen LogP contribution in [0.15, 0.2) is 36.4 Å². The molecule has 5 heteroatoms. The van der Waals surface area contributed by atoms with Gasteiger partial charge in [0.05, 0.1) is 0 Å². The lowest BCUT2D eigenvalue weighted by Gasteiger charge is -2.08. The predicted octanol–water partition coefficient (Wildman–Crippen LogP) is 4.55. The minimum Gasteiger partial charge on any atom is -0.267 e. The topological polar surface area (TPSA) is 28.7 Å². The number of nitrogens with one attached hydrogen (secondary N) is 1. The highest BCUT2D eigenvalue weighted by Gasteiger charge is 2.16. The van der Waals surface area contributed by atoms with Gasteiger partial charge in [0.1, 0.15) is 10.3 Å². The second-order valence-electron chi connectivity index (χ2n) is 4.50. The van der Waals surface area contributed by atoms with Crippen LogP contribution in [0.25, 0.3) is 22.0 Å². The van der Waals surface area contributed by atoms with Gasteiger partial charge >= 0.3 is 0 Å². The highest BCUT2D eigenvalue weighted by Crippen LogP contribution is 2.30. The van der Waals surface area contributed by atoms with Gasteiger partial charge in [0, 0.05) is 16.3 Å². The molecule has 0 saturated heterocycles. The van der Waals surface area contributed by atoms with Gasteiger partial charge in [-0.1, -0.05) is 42.5 Å². The van der Waals surface area contributed by atoms with Crippen molar-refractivity contribution in [1.82, 2.24) is 10.2 Å². The van der Waals surface area contributed by atoms with Crippen LogP contribution in [0, 0.1) is 23.2 Å². The minimum absolute atomic E-state index is 0.121. The van der Waals surface area contributed by atoms with Crippen molar-refractivity contribution in [2.75, 3.05) is 0 Å². The Bertz CT molecular complexity index is 871. The Morgan fingerprint density at radius 3 is 2.45 bits per heavy atom. The maximum atomic E-state index is 14.1. The number of hydrogen-bond acceptors (Lipinski definition) is 2. The lowest BCUT2D eigenvalue weighted by Crippen LogP contribution is -1.97. The molecule has 0 amide bonds. The number of benzene rings is 2. The van der Waals surface area contributed by atoms with Crippen LogP contribution in [-0.2, 0) is 0 Å². The lowest BCUT2D eigenvalue weighted by atomic mass is 10.0. The maximum Gasteiger partial charge on any atom is 0.168 e. The Labute approximate surface area is 119 Å². The van der Waals surface area contributed by atoms with Gasteiger partial charge < -0.3 is 0 Å². The van der Waals surface area contributed by atoms with Gasteiger partial charge in [-0.15, -0.1) is 0 Å². The molecule has 0 spiro atoms. The quantitative estimate of drug-likeness (QED) is 0.666. The molecule has 0 fully saturated rings. The smallest absolute Gasteiger partial charge is 0.168 e. The Hall–Kier alpha value is -2.14. The summed E-state index contributed by atoms with van der Waals surface area (Å²) in [7, 11) is 0. The standard InChI is InChI=1S/C15H10F2N2S/c1-8-6-7-11(13(17)12(8)16)14-9-4-2-3-5-10(9)15(20)19-18-14/h2-7H,1H3,(H,19,20). The molecule has 0 aliphatic rings. The normalized spacial score (nSPS) is 10.9. The van der Waals surface area contributed by atoms with E-state index in [0.717, 1.165) is 5.39 Å². The lowest BCUT2D eigenvalue weighted by molar-refractivity contribution is 0.505. The molecule has 0 saturated carbocycles. The van der Waals surface area contributed by atoms with Crippen molar-refractivity contribution in [3.63, 3.8) is 0 Å². The minimum atomic E-state index is -0.895. The Balaban J connectivity index is 2.39. The summed E-state index contributed by atoms with van der Waals surface area (Å²) in [4.78, 5) is 0. The summed E-state index contributed by atoms with van der Waals surface area (Å²) in [6, 6.07) is 10.3. The third-order valence-corrected chi connectivity index (χ3v) is 3.54. The molecule has 0 radical (unpaired) electrons. The van der Waals surface area contributed by atoms with E-state index in [-0.39, 0.29) is 11.1 Å². The van der Waals surface area contributed by atoms with Crippen molar-refractivity contribution in [3.8, 4) is 11.3 Å². The molecule has 0 aliphatic heterocycles. The van der Waals surface area contributed by atoms with Crippen LogP contribution in [0.1, 0.15) is 5.56 Å². The molecule has 0 atom stereocenters. The predicted molar refractivity (Wildman–Crippen MR) is 77.0 cm³/mol. The van der Waals surface area contributed by atoms with Crippen molar-refractivity contribution >= 4 is 23.0 Å². The van der Waals surface area contributed by atoms with Crippen LogP contribution < -0.4 is 0 Å². The molecule has 1 N–H and O–H groups in total. The van der Waals surface area contributed by atoms with Gasteiger partial charge in [0.25, 0.3) is 0 Å². The Morgan fingerprint density at radius 2 is 1.70 bits per heavy atom. The van der Waals surface area contributed by atoms with E-state index in [0.29, 0.717) is 15.7 Å². The molecule has 0 aliphatic carbocycles. The molecule has 2 nitrogen and oxygen atoms in total. The number of aryl methyl sites for hydroxylation is 1. The van der Waals surface area contributed by atoms with E-state index >= 15 is 0 Å². The Kier molecular flexibility index (Phi) is 3.06. The van der Waals surface area contributed by atoms with E-state index in [4.69, 9.17) is 12.2 Å². The summed E-state index contributed by atoms with van der Waals surface area (Å²) >= 11 is 5.16. The van der Waals surface area contributed by atoms with E-state index < -0.39 is 11.6 Å². The first-order chi connectivity index (χ1) is 9.59. The zero-order valence-electron chi connectivity index (χ0n) is 10.6. The van der Waals surface area contributed by atoms with E-state index in [9.17, 15) is 8.78 Å². The van der Waals surface area contributed by atoms with Gasteiger partial charge in [-0.2, -0.15) is 5.10 Å². The van der Waals surface area contributed by atoms with Crippen LogP contribution >= 0.6 is 12.2 Å². The van der Waals surface area contributed by atoms with Gasteiger partial charge in [0.15, 0.2) is 11.6 Å². The summed E-state index contributed by atoms with van der Waals surface area (Å²) in [6.45, 7) is 1.52. The molecule has 3 aromatic rings. The van der Waals surface area contributed by atoms with Crippen LogP contribution in [0.2, 0.25) is 0 Å². The van der Waals surface area contributed by atoms with E-state index in [1.165, 1.54) is 19.1 Å². The summed E-state index contributed by atoms with van der Waals surface area (Å²) in [5.41, 5.74) is 0.737. The van der Waals surface area contributed by atoms with Crippen molar-refractivity contribution in [1.29, 1.82) is 0 Å². The second-order valence-corrected chi connectivity index (χ2v) is 4.91. The molecule has 100 valence electrons. The number of rotatable bonds is 1. The third-order valence-electron chi connectivity index (χ3n) is 3.23. The zero-order chi connectivity index (χ0) is 14.3. The SMILES string of the molecule is Cc1ccc(-c2n[nH]c(=S)c3ccccc23)c(F)c1F. The first-order valence-electron chi connectivity index (χ1n) is 6.02. The fraction of sp³-hybridized carbons (Fsp3) is 0.0667. The fourth-order valence-electron chi connectivity index (χ4n) is 2.15. The highest BCUT2D eigenvalue weighted by molar-refractivity contribution is 7.71. The molecular weight excluding hydrogens is 278 g/mol. The van der Waals surface area contributed by atoms with Crippen LogP contribution in [0.3, 0.4) is 0 Å². The maximum absolute atomic E-state index is 14.1. The summed E-state index contributed by atoms with van der Waals surface area (Å²) < 4.78 is 28.3. The van der Waals surface area contributed by atoms with Crippen molar-refractivity contribution in [3.05, 3.63) is 58.2 Å². The number of aromatic amines is 1. The number of halogens is 2. The number of fused-ring (bicyclic) bond motifs is 1. The van der Waals surface area contributed by atoms with E-state index in [1.54, 1.807) is 6.07 Å². The monoisotopic (exact) mass is 288 g/mol. The van der Waals surface area contributed by atoms with Crippen LogP contribution in [0.4, 0.5) is 8.78 Å². The number of H-pyrrole nitrogens is 1. The average Bonchev–Trinajstić information content (AvgIpc) is 2.47. The first kappa shape index (κ1) is 12.9. The molecular formula is C15H10F2N2S. The number of nitrogens with zero attached hydrogens (tertiary/aromatic N) is 1. The highest BCUT2D eigenvalue weighted by atomic mass is 32.1. The van der Waals surface area contributed by atoms with Crippen molar-refractivity contribution < 1.29 is 8.78 Å². The largest absolute Gasteiger partial charge is 0.267 e. The second kappa shape index (κ2) is 4.76. The molecule has 1 aromatic heterocycles. The van der Waals surface area contributed by atoms with Crippen molar-refractivity contribution in [2.45, 2.75) is 6.92 Å². The Morgan fingerprint density at radius 1 is 1.00 bits per heavy atom. The molecule has 0 bridgehead atoms. The molecule has 20 heavy (non-hydrogen) atoms. The fourth-order valence-corrected chi connectivity index (χ4v) is 2.37. The summed E-state index contributed by atoms with van der Waals surface area (Å²) in [6.07, 6.45) is 0. The zero-order valence-corrected chi connectivity index (χ0v) is 11.4. The molecule has 0 unspecified atom stereocenters. The first-order valence-corrected chi connectivity index (χ1v) is 6.43. The molecule has 2 aromatic carbocycles. The molecule has 1 heterocycles. The van der Waals surface area contributed by atoms with Gasteiger partial charge in [0.2, 0.25) is 0 Å². The van der Waals surface area contributed by atoms with E-state index in [2.05, 4.69) is 10.2 Å². The van der Waals surface area contributed by atoms with Gasteiger partial charge in [-0.25, -0.2) is 8.78 Å². The third kappa shape index (κ3) is 1.91. The van der Waals surface area contributed by atoms with E-state index in [1.807, 2.05) is 18.2 Å². The summed E-state index contributed by atoms with van der Waals surface area (Å²) in [5, 5.41) is 8.20. The summed E-state index contributed by atoms with van der Waals surface area (Å²) in [5.74, 6) is -1.75. The average molecular weight is 288 g/mol. The number of aromatic nitrogens is 2. The van der Waals surface area contributed by atoms with Crippen LogP contribution in [-0.4, -0.2) is 10.2 Å². The number of hydrogen-bond donors (Lipinski definition) is 1. The van der Waals surface area contributed by atoms with Gasteiger partial charge in [-0.3, -0.25) is 5.10 Å². The van der Waals surface area contributed by atoms with Gasteiger partial charge in [-0.05, 0) is 18.6 Å². The van der Waals surface area contributed by atoms with Crippen LogP contribution in [0.5, 0.6) is 0 Å². The molecule has 3 rings (SSSR count).